The second kappa shape index (κ2) is 15.1. The summed E-state index contributed by atoms with van der Waals surface area (Å²) in [7, 11) is -3.66. The number of carbonyl (C=O) groups is 3. The number of esters is 1. The highest BCUT2D eigenvalue weighted by molar-refractivity contribution is 7.59. The summed E-state index contributed by atoms with van der Waals surface area (Å²) < 4.78 is 38.8. The molecular formula is C30H45FNO7P. The fourth-order valence-electron chi connectivity index (χ4n) is 5.81. The minimum absolute atomic E-state index is 0.0878. The maximum absolute atomic E-state index is 14.2. The van der Waals surface area contributed by atoms with E-state index in [0.717, 1.165) is 31.2 Å². The van der Waals surface area contributed by atoms with Crippen LogP contribution in [0.1, 0.15) is 84.1 Å². The standard InChI is InChI=1S/C30H45FNO7P/c1-4-28(34)38-30(21(2)3)39-40(37,17-9-8-10-22-13-15-25(31)16-14-22)20-27(33)32-19-24(18-26(32)29(35)36)23-11-6-5-7-12-23/h13-16,21,23-24,26,30H,4-12,17-20H2,1-3H3,(H,35,36)/t24-,26+,30?,40?/m1/s1. The molecule has 0 radical (unpaired) electrons. The summed E-state index contributed by atoms with van der Waals surface area (Å²) >= 11 is 0. The number of carboxylic acid groups (broad SMARTS) is 1. The third-order valence-electron chi connectivity index (χ3n) is 8.14. The van der Waals surface area contributed by atoms with Crippen molar-refractivity contribution in [2.45, 2.75) is 97.3 Å². The van der Waals surface area contributed by atoms with Gasteiger partial charge in [0.15, 0.2) is 0 Å². The Labute approximate surface area is 237 Å². The molecule has 0 aromatic heterocycles. The van der Waals surface area contributed by atoms with Gasteiger partial charge in [-0.2, -0.15) is 0 Å². The number of ether oxygens (including phenoxy) is 1. The number of likely N-dealkylation sites (tertiary alicyclic amines) is 1. The Kier molecular flexibility index (Phi) is 12.2. The number of aliphatic carboxylic acids is 1. The van der Waals surface area contributed by atoms with Crippen LogP contribution in [0.25, 0.3) is 0 Å². The summed E-state index contributed by atoms with van der Waals surface area (Å²) in [5.74, 6) is -2.11. The first-order chi connectivity index (χ1) is 19.0. The number of carbonyl (C=O) groups excluding carboxylic acids is 2. The number of halogens is 1. The number of rotatable bonds is 14. The lowest BCUT2D eigenvalue weighted by Crippen LogP contribution is -2.42. The highest BCUT2D eigenvalue weighted by atomic mass is 31.2. The topological polar surface area (TPSA) is 110 Å². The van der Waals surface area contributed by atoms with Crippen molar-refractivity contribution in [3.05, 3.63) is 35.6 Å². The normalized spacial score (nSPS) is 22.2. The smallest absolute Gasteiger partial charge is 0.326 e. The summed E-state index contributed by atoms with van der Waals surface area (Å²) in [6, 6.07) is 5.26. The molecule has 1 aromatic carbocycles. The fraction of sp³-hybridized carbons (Fsp3) is 0.700. The van der Waals surface area contributed by atoms with Gasteiger partial charge in [0.2, 0.25) is 19.6 Å². The zero-order valence-electron chi connectivity index (χ0n) is 24.1. The van der Waals surface area contributed by atoms with Gasteiger partial charge in [-0.05, 0) is 55.2 Å². The quantitative estimate of drug-likeness (QED) is 0.120. The molecule has 1 amide bonds. The van der Waals surface area contributed by atoms with E-state index in [0.29, 0.717) is 38.1 Å². The summed E-state index contributed by atoms with van der Waals surface area (Å²) in [5, 5.41) is 9.92. The highest BCUT2D eigenvalue weighted by Gasteiger charge is 2.44. The summed E-state index contributed by atoms with van der Waals surface area (Å²) in [6.45, 7) is 5.57. The highest BCUT2D eigenvalue weighted by Crippen LogP contribution is 2.51. The van der Waals surface area contributed by atoms with Gasteiger partial charge in [0.25, 0.3) is 0 Å². The van der Waals surface area contributed by atoms with Gasteiger partial charge in [0, 0.05) is 25.0 Å². The Hall–Kier alpha value is -2.25. The lowest BCUT2D eigenvalue weighted by Gasteiger charge is -2.30. The molecule has 224 valence electrons. The van der Waals surface area contributed by atoms with Crippen molar-refractivity contribution in [3.8, 4) is 0 Å². The van der Waals surface area contributed by atoms with E-state index in [4.69, 9.17) is 9.26 Å². The Morgan fingerprint density at radius 3 is 2.35 bits per heavy atom. The molecule has 1 saturated carbocycles. The molecule has 2 fully saturated rings. The van der Waals surface area contributed by atoms with Crippen molar-refractivity contribution in [1.29, 1.82) is 0 Å². The average Bonchev–Trinajstić information content (AvgIpc) is 3.38. The van der Waals surface area contributed by atoms with Crippen molar-refractivity contribution in [1.82, 2.24) is 4.90 Å². The first kappa shape index (κ1) is 32.3. The van der Waals surface area contributed by atoms with Crippen molar-refractivity contribution in [3.63, 3.8) is 0 Å². The molecule has 1 saturated heterocycles. The number of aryl methyl sites for hydroxylation is 1. The Morgan fingerprint density at radius 2 is 1.75 bits per heavy atom. The van der Waals surface area contributed by atoms with E-state index < -0.39 is 43.7 Å². The van der Waals surface area contributed by atoms with Gasteiger partial charge in [0.1, 0.15) is 18.0 Å². The summed E-state index contributed by atoms with van der Waals surface area (Å²) in [4.78, 5) is 39.1. The van der Waals surface area contributed by atoms with E-state index in [9.17, 15) is 28.4 Å². The van der Waals surface area contributed by atoms with Crippen molar-refractivity contribution in [2.24, 2.45) is 17.8 Å². The number of amides is 1. The molecule has 8 nitrogen and oxygen atoms in total. The fourth-order valence-corrected chi connectivity index (χ4v) is 8.11. The molecule has 2 aliphatic rings. The molecule has 1 heterocycles. The van der Waals surface area contributed by atoms with Gasteiger partial charge in [-0.1, -0.05) is 65.0 Å². The van der Waals surface area contributed by atoms with Gasteiger partial charge in [-0.3, -0.25) is 18.7 Å². The van der Waals surface area contributed by atoms with Gasteiger partial charge in [0.05, 0.1) is 0 Å². The third kappa shape index (κ3) is 9.41. The van der Waals surface area contributed by atoms with Crippen LogP contribution in [0.3, 0.4) is 0 Å². The third-order valence-corrected chi connectivity index (χ3v) is 10.5. The predicted molar refractivity (Wildman–Crippen MR) is 151 cm³/mol. The van der Waals surface area contributed by atoms with Gasteiger partial charge >= 0.3 is 11.9 Å². The Balaban J connectivity index is 1.73. The number of hydrogen-bond donors (Lipinski definition) is 1. The van der Waals surface area contributed by atoms with E-state index >= 15 is 0 Å². The van der Waals surface area contributed by atoms with E-state index in [2.05, 4.69) is 0 Å². The van der Waals surface area contributed by atoms with Gasteiger partial charge in [-0.25, -0.2) is 9.18 Å². The van der Waals surface area contributed by atoms with Gasteiger partial charge in [-0.15, -0.1) is 0 Å². The molecule has 10 heteroatoms. The predicted octanol–water partition coefficient (Wildman–Crippen LogP) is 6.26. The van der Waals surface area contributed by atoms with Crippen molar-refractivity contribution in [2.75, 3.05) is 18.9 Å². The molecule has 1 aromatic rings. The number of unbranched alkanes of at least 4 members (excludes halogenated alkanes) is 1. The van der Waals surface area contributed by atoms with E-state index in [1.807, 2.05) is 0 Å². The van der Waals surface area contributed by atoms with Crippen LogP contribution in [0.15, 0.2) is 24.3 Å². The SMILES string of the molecule is CCC(=O)OC(OP(=O)(CCCCc1ccc(F)cc1)CC(=O)N1C[C@H](C2CCCCC2)C[C@H]1C(=O)O)C(C)C. The first-order valence-corrected chi connectivity index (χ1v) is 16.7. The average molecular weight is 582 g/mol. The monoisotopic (exact) mass is 581 g/mol. The molecule has 1 N–H and O–H groups in total. The summed E-state index contributed by atoms with van der Waals surface area (Å²) in [5.41, 5.74) is 0.945. The zero-order chi connectivity index (χ0) is 29.3. The number of nitrogens with zero attached hydrogens (tertiary/aromatic N) is 1. The molecule has 1 aliphatic carbocycles. The molecule has 4 atom stereocenters. The number of benzene rings is 1. The van der Waals surface area contributed by atoms with Crippen LogP contribution in [0, 0.1) is 23.6 Å². The van der Waals surface area contributed by atoms with Crippen LogP contribution < -0.4 is 0 Å². The minimum atomic E-state index is -3.66. The maximum atomic E-state index is 14.2. The maximum Gasteiger partial charge on any atom is 0.326 e. The van der Waals surface area contributed by atoms with Crippen molar-refractivity contribution < 1.29 is 37.7 Å². The molecule has 0 spiro atoms. The molecule has 0 bridgehead atoms. The number of hydrogen-bond acceptors (Lipinski definition) is 6. The minimum Gasteiger partial charge on any atom is -0.480 e. The summed E-state index contributed by atoms with van der Waals surface area (Å²) in [6.07, 6.45) is 6.42. The first-order valence-electron chi connectivity index (χ1n) is 14.7. The molecular weight excluding hydrogens is 536 g/mol. The van der Waals surface area contributed by atoms with Crippen LogP contribution in [0.4, 0.5) is 4.39 Å². The zero-order valence-corrected chi connectivity index (χ0v) is 25.0. The van der Waals surface area contributed by atoms with Gasteiger partial charge < -0.3 is 14.7 Å². The van der Waals surface area contributed by atoms with Crippen LogP contribution >= 0.6 is 7.37 Å². The molecule has 2 unspecified atom stereocenters. The molecule has 40 heavy (non-hydrogen) atoms. The second-order valence-corrected chi connectivity index (χ2v) is 14.2. The van der Waals surface area contributed by atoms with Crippen LogP contribution in [0.2, 0.25) is 0 Å². The van der Waals surface area contributed by atoms with Crippen molar-refractivity contribution >= 4 is 25.2 Å². The number of carboxylic acids is 1. The van der Waals surface area contributed by atoms with Crippen LogP contribution in [-0.4, -0.2) is 59.1 Å². The molecule has 1 aliphatic heterocycles. The van der Waals surface area contributed by atoms with E-state index in [-0.39, 0.29) is 30.2 Å². The Bertz CT molecular complexity index is 1040. The lowest BCUT2D eigenvalue weighted by atomic mass is 9.79. The largest absolute Gasteiger partial charge is 0.480 e. The molecule has 3 rings (SSSR count). The second-order valence-electron chi connectivity index (χ2n) is 11.6. The lowest BCUT2D eigenvalue weighted by molar-refractivity contribution is -0.169. The van der Waals surface area contributed by atoms with E-state index in [1.165, 1.54) is 23.5 Å². The Morgan fingerprint density at radius 1 is 1.07 bits per heavy atom. The van der Waals surface area contributed by atoms with Crippen LogP contribution in [0.5, 0.6) is 0 Å². The van der Waals surface area contributed by atoms with Crippen LogP contribution in [-0.2, 0) is 34.6 Å². The van der Waals surface area contributed by atoms with E-state index in [1.54, 1.807) is 32.9 Å².